The minimum Gasteiger partial charge on any atom is -0.457 e. The summed E-state index contributed by atoms with van der Waals surface area (Å²) >= 11 is 0. The molecule has 1 aromatic carbocycles. The Labute approximate surface area is 198 Å². The van der Waals surface area contributed by atoms with Crippen LogP contribution in [0.2, 0.25) is 0 Å². The molecular formula is C26H30N2O6. The second-order valence-corrected chi connectivity index (χ2v) is 10.5. The van der Waals surface area contributed by atoms with Crippen LogP contribution in [0.4, 0.5) is 0 Å². The predicted octanol–water partition coefficient (Wildman–Crippen LogP) is 2.38. The van der Waals surface area contributed by atoms with E-state index in [1.165, 1.54) is 0 Å². The van der Waals surface area contributed by atoms with Crippen LogP contribution in [-0.2, 0) is 25.7 Å². The van der Waals surface area contributed by atoms with Crippen LogP contribution in [-0.4, -0.2) is 64.5 Å². The first-order chi connectivity index (χ1) is 16.3. The van der Waals surface area contributed by atoms with E-state index < -0.39 is 6.10 Å². The zero-order valence-electron chi connectivity index (χ0n) is 19.6. The van der Waals surface area contributed by atoms with E-state index in [0.29, 0.717) is 24.2 Å². The summed E-state index contributed by atoms with van der Waals surface area (Å²) in [6.07, 6.45) is 3.78. The number of esters is 2. The number of hydrogen-bond acceptors (Lipinski definition) is 7. The molecule has 8 nitrogen and oxygen atoms in total. The van der Waals surface area contributed by atoms with Gasteiger partial charge in [-0.25, -0.2) is 9.59 Å². The fourth-order valence-electron chi connectivity index (χ4n) is 6.97. The molecule has 6 rings (SSSR count). The monoisotopic (exact) mass is 466 g/mol. The molecule has 3 saturated heterocycles. The first-order valence-corrected chi connectivity index (χ1v) is 12.2. The fourth-order valence-corrected chi connectivity index (χ4v) is 6.97. The number of likely N-dealkylation sites (tertiary alicyclic amines) is 1. The number of benzene rings is 1. The Morgan fingerprint density at radius 1 is 1.06 bits per heavy atom. The number of nitrogens with zero attached hydrogens (tertiary/aromatic N) is 2. The van der Waals surface area contributed by atoms with Crippen LogP contribution in [0.5, 0.6) is 0 Å². The van der Waals surface area contributed by atoms with Gasteiger partial charge in [-0.1, -0.05) is 6.07 Å². The predicted molar refractivity (Wildman–Crippen MR) is 120 cm³/mol. The third-order valence-corrected chi connectivity index (χ3v) is 8.89. The molecule has 0 aromatic heterocycles. The van der Waals surface area contributed by atoms with Crippen molar-refractivity contribution >= 4 is 17.8 Å². The second-order valence-electron chi connectivity index (χ2n) is 10.5. The number of rotatable bonds is 4. The molecule has 0 aliphatic carbocycles. The fraction of sp³-hybridized carbons (Fsp3) is 0.577. The number of aliphatic hydroxyl groups excluding tert-OH is 1. The lowest BCUT2D eigenvalue weighted by Crippen LogP contribution is -2.51. The van der Waals surface area contributed by atoms with Gasteiger partial charge in [0, 0.05) is 30.7 Å². The number of hydrogen-bond donors (Lipinski definition) is 1. The molecule has 2 bridgehead atoms. The SMILES string of the molecule is CC1=C(N2CCC3(CC4CC[C@@H](C3)N4C[C@H](O)c3ccc4c(c3C)COC4=O)C2=O)COC1=O. The molecule has 4 atom stereocenters. The summed E-state index contributed by atoms with van der Waals surface area (Å²) < 4.78 is 10.3. The summed E-state index contributed by atoms with van der Waals surface area (Å²) in [6.45, 7) is 5.29. The van der Waals surface area contributed by atoms with Crippen LogP contribution in [0, 0.1) is 12.3 Å². The van der Waals surface area contributed by atoms with E-state index in [4.69, 9.17) is 9.47 Å². The van der Waals surface area contributed by atoms with Gasteiger partial charge >= 0.3 is 11.9 Å². The van der Waals surface area contributed by atoms with Crippen LogP contribution in [0.25, 0.3) is 0 Å². The molecule has 3 fully saturated rings. The molecular weight excluding hydrogens is 436 g/mol. The van der Waals surface area contributed by atoms with Gasteiger partial charge in [0.1, 0.15) is 13.2 Å². The van der Waals surface area contributed by atoms with Gasteiger partial charge in [-0.2, -0.15) is 0 Å². The van der Waals surface area contributed by atoms with Crippen molar-refractivity contribution in [3.05, 3.63) is 45.7 Å². The minimum atomic E-state index is -0.664. The number of ether oxygens (including phenoxy) is 2. The number of fused-ring (bicyclic) bond motifs is 3. The third kappa shape index (κ3) is 3.08. The molecule has 2 unspecified atom stereocenters. The number of piperidine rings is 1. The van der Waals surface area contributed by atoms with Crippen LogP contribution < -0.4 is 0 Å². The zero-order valence-corrected chi connectivity index (χ0v) is 19.6. The second kappa shape index (κ2) is 7.65. The van der Waals surface area contributed by atoms with E-state index in [1.807, 2.05) is 13.0 Å². The standard InChI is InChI=1S/C26H30N2O6/c1-14-18(5-6-19-20(14)12-33-24(19)31)22(29)11-28-16-3-4-17(28)10-26(9-16)7-8-27(25(26)32)21-13-34-23(30)15(21)2/h5-6,16-17,22,29H,3-4,7-13H2,1-2H3/t16-,17?,22-,26?/m0/s1. The molecule has 1 N–H and O–H groups in total. The first-order valence-electron chi connectivity index (χ1n) is 12.2. The van der Waals surface area contributed by atoms with E-state index in [9.17, 15) is 19.5 Å². The molecule has 180 valence electrons. The molecule has 0 radical (unpaired) electrons. The summed E-state index contributed by atoms with van der Waals surface area (Å²) in [7, 11) is 0. The van der Waals surface area contributed by atoms with Gasteiger partial charge in [0.15, 0.2) is 0 Å². The molecule has 1 spiro atoms. The summed E-state index contributed by atoms with van der Waals surface area (Å²) in [5, 5.41) is 11.2. The van der Waals surface area contributed by atoms with Crippen LogP contribution in [0.15, 0.2) is 23.4 Å². The normalized spacial score (nSPS) is 31.5. The van der Waals surface area contributed by atoms with Gasteiger partial charge < -0.3 is 19.5 Å². The molecule has 1 aromatic rings. The van der Waals surface area contributed by atoms with Crippen molar-refractivity contribution in [1.29, 1.82) is 0 Å². The Bertz CT molecular complexity index is 1130. The smallest absolute Gasteiger partial charge is 0.338 e. The van der Waals surface area contributed by atoms with Gasteiger partial charge in [0.05, 0.1) is 28.4 Å². The Morgan fingerprint density at radius 2 is 1.76 bits per heavy atom. The zero-order chi connectivity index (χ0) is 23.8. The highest BCUT2D eigenvalue weighted by Crippen LogP contribution is 2.52. The van der Waals surface area contributed by atoms with E-state index >= 15 is 0 Å². The van der Waals surface area contributed by atoms with Crippen molar-refractivity contribution in [1.82, 2.24) is 9.80 Å². The summed E-state index contributed by atoms with van der Waals surface area (Å²) in [5.41, 5.74) is 4.13. The van der Waals surface area contributed by atoms with E-state index in [0.717, 1.165) is 54.5 Å². The van der Waals surface area contributed by atoms with Crippen molar-refractivity contribution < 1.29 is 29.0 Å². The molecule has 0 saturated carbocycles. The van der Waals surface area contributed by atoms with Crippen LogP contribution in [0.1, 0.15) is 72.2 Å². The topological polar surface area (TPSA) is 96.4 Å². The maximum atomic E-state index is 13.6. The average Bonchev–Trinajstić information content (AvgIpc) is 3.50. The highest BCUT2D eigenvalue weighted by molar-refractivity contribution is 5.94. The van der Waals surface area contributed by atoms with Gasteiger partial charge in [0.25, 0.3) is 0 Å². The van der Waals surface area contributed by atoms with Gasteiger partial charge in [-0.05, 0) is 63.1 Å². The van der Waals surface area contributed by atoms with Crippen LogP contribution >= 0.6 is 0 Å². The van der Waals surface area contributed by atoms with Gasteiger partial charge in [-0.3, -0.25) is 9.69 Å². The molecule has 5 aliphatic rings. The quantitative estimate of drug-likeness (QED) is 0.681. The molecule has 5 heterocycles. The summed E-state index contributed by atoms with van der Waals surface area (Å²) in [5.74, 6) is -0.491. The number of aliphatic hydroxyl groups is 1. The number of cyclic esters (lactones) is 2. The van der Waals surface area contributed by atoms with Crippen LogP contribution in [0.3, 0.4) is 0 Å². The lowest BCUT2D eigenvalue weighted by atomic mass is 9.73. The van der Waals surface area contributed by atoms with E-state index in [2.05, 4.69) is 4.90 Å². The Kier molecular flexibility index (Phi) is 4.90. The summed E-state index contributed by atoms with van der Waals surface area (Å²) in [6, 6.07) is 4.12. The highest BCUT2D eigenvalue weighted by atomic mass is 16.5. The lowest BCUT2D eigenvalue weighted by molar-refractivity contribution is -0.140. The minimum absolute atomic E-state index is 0.136. The highest BCUT2D eigenvalue weighted by Gasteiger charge is 2.56. The number of amides is 1. The van der Waals surface area contributed by atoms with Crippen molar-refractivity contribution in [3.63, 3.8) is 0 Å². The van der Waals surface area contributed by atoms with Crippen molar-refractivity contribution in [2.45, 2.75) is 70.7 Å². The van der Waals surface area contributed by atoms with Crippen molar-refractivity contribution in [3.8, 4) is 0 Å². The molecule has 8 heteroatoms. The number of carbonyl (C=O) groups is 3. The lowest BCUT2D eigenvalue weighted by Gasteiger charge is -2.44. The van der Waals surface area contributed by atoms with Crippen molar-refractivity contribution in [2.24, 2.45) is 5.41 Å². The van der Waals surface area contributed by atoms with E-state index in [1.54, 1.807) is 17.9 Å². The Hall–Kier alpha value is -2.71. The molecule has 1 amide bonds. The Balaban J connectivity index is 1.18. The van der Waals surface area contributed by atoms with E-state index in [-0.39, 0.29) is 48.6 Å². The summed E-state index contributed by atoms with van der Waals surface area (Å²) in [4.78, 5) is 41.4. The third-order valence-electron chi connectivity index (χ3n) is 8.89. The largest absolute Gasteiger partial charge is 0.457 e. The number of carbonyl (C=O) groups excluding carboxylic acids is 3. The maximum absolute atomic E-state index is 13.6. The molecule has 5 aliphatic heterocycles. The van der Waals surface area contributed by atoms with Gasteiger partial charge in [-0.15, -0.1) is 0 Å². The average molecular weight is 467 g/mol. The van der Waals surface area contributed by atoms with Gasteiger partial charge in [0.2, 0.25) is 5.91 Å². The Morgan fingerprint density at radius 3 is 2.44 bits per heavy atom. The van der Waals surface area contributed by atoms with Crippen molar-refractivity contribution in [2.75, 3.05) is 19.7 Å². The first kappa shape index (κ1) is 21.8. The maximum Gasteiger partial charge on any atom is 0.338 e. The molecule has 34 heavy (non-hydrogen) atoms.